The Hall–Kier alpha value is 0.350. The van der Waals surface area contributed by atoms with E-state index in [0.717, 1.165) is 82.7 Å². The first kappa shape index (κ1) is 32.4. The lowest BCUT2D eigenvalue weighted by Gasteiger charge is -2.46. The number of hydrogen-bond donors (Lipinski definition) is 1. The predicted octanol–water partition coefficient (Wildman–Crippen LogP) is 10.9. The zero-order valence-electron chi connectivity index (χ0n) is 25.6. The van der Waals surface area contributed by atoms with Crippen molar-refractivity contribution in [3.63, 3.8) is 0 Å². The second kappa shape index (κ2) is 15.6. The van der Waals surface area contributed by atoms with Gasteiger partial charge in [0.15, 0.2) is 0 Å². The van der Waals surface area contributed by atoms with Crippen LogP contribution in [-0.2, 0) is 0 Å². The standard InChI is InChI=1S/C33H66S/c1-13-29-27(11)25(9)23(7)19-21(5)22(6)20-24(8)26(10)28(12)33(17-18-34)32(16-4)31(15-3)30(29)14-2/h21-34H,13-20H2,1-12H3. The molecule has 0 aromatic rings. The number of hydrogen-bond acceptors (Lipinski definition) is 1. The topological polar surface area (TPSA) is 0 Å². The minimum atomic E-state index is 0.779. The summed E-state index contributed by atoms with van der Waals surface area (Å²) in [5.74, 6) is 11.7. The molecular formula is C33H66S. The van der Waals surface area contributed by atoms with Gasteiger partial charge >= 0.3 is 0 Å². The molecule has 13 atom stereocenters. The quantitative estimate of drug-likeness (QED) is 0.349. The fraction of sp³-hybridized carbons (Fsp3) is 1.00. The SMILES string of the molecule is CCC1C(C)C(C)C(C)CC(C)C(C)CC(C)C(C)C(C)C(CCS)C(CC)C(CC)C1CC. The van der Waals surface area contributed by atoms with Crippen molar-refractivity contribution in [2.75, 3.05) is 5.75 Å². The van der Waals surface area contributed by atoms with Gasteiger partial charge in [-0.1, -0.05) is 109 Å². The zero-order valence-corrected chi connectivity index (χ0v) is 26.5. The van der Waals surface area contributed by atoms with Gasteiger partial charge in [0, 0.05) is 0 Å². The Balaban J connectivity index is 3.58. The fourth-order valence-electron chi connectivity index (χ4n) is 8.73. The molecule has 1 saturated carbocycles. The molecule has 204 valence electrons. The largest absolute Gasteiger partial charge is 0.179 e. The number of rotatable bonds is 6. The van der Waals surface area contributed by atoms with E-state index in [4.69, 9.17) is 12.6 Å². The van der Waals surface area contributed by atoms with Gasteiger partial charge in [0.25, 0.3) is 0 Å². The molecule has 1 aliphatic rings. The van der Waals surface area contributed by atoms with Crippen LogP contribution in [0.4, 0.5) is 0 Å². The Bertz CT molecular complexity index is 529. The molecule has 0 heterocycles. The minimum absolute atomic E-state index is 0.779. The van der Waals surface area contributed by atoms with E-state index in [1.165, 1.54) is 44.9 Å². The maximum Gasteiger partial charge on any atom is -0.00951 e. The third kappa shape index (κ3) is 7.92. The van der Waals surface area contributed by atoms with Gasteiger partial charge < -0.3 is 0 Å². The summed E-state index contributed by atoms with van der Waals surface area (Å²) in [6.45, 7) is 30.6. The van der Waals surface area contributed by atoms with Gasteiger partial charge in [-0.2, -0.15) is 12.6 Å². The Morgan fingerprint density at radius 2 is 0.765 bits per heavy atom. The molecule has 0 bridgehead atoms. The summed E-state index contributed by atoms with van der Waals surface area (Å²) in [6, 6.07) is 0. The second-order valence-corrected chi connectivity index (χ2v) is 13.7. The summed E-state index contributed by atoms with van der Waals surface area (Å²) in [5, 5.41) is 0. The van der Waals surface area contributed by atoms with Crippen LogP contribution in [0.25, 0.3) is 0 Å². The van der Waals surface area contributed by atoms with Crippen LogP contribution in [0.3, 0.4) is 0 Å². The van der Waals surface area contributed by atoms with Gasteiger partial charge in [0.2, 0.25) is 0 Å². The van der Waals surface area contributed by atoms with Crippen LogP contribution in [0.15, 0.2) is 0 Å². The number of thiol groups is 1. The van der Waals surface area contributed by atoms with Crippen LogP contribution in [0.5, 0.6) is 0 Å². The Morgan fingerprint density at radius 3 is 1.12 bits per heavy atom. The molecule has 0 amide bonds. The van der Waals surface area contributed by atoms with Gasteiger partial charge in [-0.05, 0) is 102 Å². The lowest BCUT2D eigenvalue weighted by Crippen LogP contribution is -2.39. The normalized spacial score (nSPS) is 46.0. The smallest absolute Gasteiger partial charge is 0.00951 e. The monoisotopic (exact) mass is 494 g/mol. The molecule has 13 unspecified atom stereocenters. The van der Waals surface area contributed by atoms with Crippen molar-refractivity contribution in [1.29, 1.82) is 0 Å². The van der Waals surface area contributed by atoms with Crippen LogP contribution in [-0.4, -0.2) is 5.75 Å². The van der Waals surface area contributed by atoms with Crippen molar-refractivity contribution in [2.45, 2.75) is 128 Å². The van der Waals surface area contributed by atoms with Gasteiger partial charge in [-0.15, -0.1) is 0 Å². The van der Waals surface area contributed by atoms with Crippen molar-refractivity contribution < 1.29 is 0 Å². The summed E-state index contributed by atoms with van der Waals surface area (Å²) in [4.78, 5) is 0. The molecule has 0 aromatic carbocycles. The molecule has 34 heavy (non-hydrogen) atoms. The highest BCUT2D eigenvalue weighted by Gasteiger charge is 2.41. The Kier molecular flexibility index (Phi) is 14.8. The second-order valence-electron chi connectivity index (χ2n) is 13.3. The molecule has 0 saturated heterocycles. The predicted molar refractivity (Wildman–Crippen MR) is 160 cm³/mol. The van der Waals surface area contributed by atoms with E-state index in [1.54, 1.807) is 0 Å². The lowest BCUT2D eigenvalue weighted by molar-refractivity contribution is 0.0287. The average Bonchev–Trinajstić information content (AvgIpc) is 2.82. The molecule has 1 heteroatoms. The highest BCUT2D eigenvalue weighted by Crippen LogP contribution is 2.48. The van der Waals surface area contributed by atoms with E-state index < -0.39 is 0 Å². The summed E-state index contributed by atoms with van der Waals surface area (Å²) >= 11 is 4.80. The summed E-state index contributed by atoms with van der Waals surface area (Å²) in [7, 11) is 0. The first-order valence-corrected chi connectivity index (χ1v) is 16.2. The molecule has 0 radical (unpaired) electrons. The van der Waals surface area contributed by atoms with Crippen molar-refractivity contribution in [3.8, 4) is 0 Å². The average molecular weight is 495 g/mol. The summed E-state index contributed by atoms with van der Waals surface area (Å²) in [5.41, 5.74) is 0. The first-order chi connectivity index (χ1) is 16.0. The molecule has 0 nitrogen and oxygen atoms in total. The molecule has 0 N–H and O–H groups in total. The van der Waals surface area contributed by atoms with Crippen molar-refractivity contribution in [2.24, 2.45) is 76.9 Å². The molecule has 0 spiro atoms. The van der Waals surface area contributed by atoms with E-state index in [0.29, 0.717) is 0 Å². The molecule has 1 fully saturated rings. The van der Waals surface area contributed by atoms with Crippen LogP contribution >= 0.6 is 12.6 Å². The van der Waals surface area contributed by atoms with Crippen molar-refractivity contribution in [1.82, 2.24) is 0 Å². The lowest BCUT2D eigenvalue weighted by atomic mass is 9.59. The van der Waals surface area contributed by atoms with Crippen molar-refractivity contribution in [3.05, 3.63) is 0 Å². The molecule has 1 rings (SSSR count). The maximum atomic E-state index is 4.80. The zero-order chi connectivity index (χ0) is 26.2. The van der Waals surface area contributed by atoms with E-state index in [9.17, 15) is 0 Å². The molecular weight excluding hydrogens is 428 g/mol. The van der Waals surface area contributed by atoms with E-state index >= 15 is 0 Å². The third-order valence-corrected chi connectivity index (χ3v) is 12.1. The van der Waals surface area contributed by atoms with Gasteiger partial charge in [0.1, 0.15) is 0 Å². The Morgan fingerprint density at radius 1 is 0.441 bits per heavy atom. The van der Waals surface area contributed by atoms with E-state index in [-0.39, 0.29) is 0 Å². The Labute approximate surface area is 223 Å². The van der Waals surface area contributed by atoms with Crippen LogP contribution in [0.1, 0.15) is 128 Å². The van der Waals surface area contributed by atoms with Crippen LogP contribution in [0.2, 0.25) is 0 Å². The summed E-state index contributed by atoms with van der Waals surface area (Å²) < 4.78 is 0. The fourth-order valence-corrected chi connectivity index (χ4v) is 9.03. The first-order valence-electron chi connectivity index (χ1n) is 15.6. The third-order valence-electron chi connectivity index (χ3n) is 11.8. The van der Waals surface area contributed by atoms with E-state index in [2.05, 4.69) is 83.1 Å². The highest BCUT2D eigenvalue weighted by molar-refractivity contribution is 7.80. The van der Waals surface area contributed by atoms with Crippen LogP contribution < -0.4 is 0 Å². The highest BCUT2D eigenvalue weighted by atomic mass is 32.1. The van der Waals surface area contributed by atoms with Crippen molar-refractivity contribution >= 4 is 12.6 Å². The minimum Gasteiger partial charge on any atom is -0.179 e. The van der Waals surface area contributed by atoms with E-state index in [1.807, 2.05) is 0 Å². The molecule has 0 aromatic heterocycles. The van der Waals surface area contributed by atoms with Gasteiger partial charge in [0.05, 0.1) is 0 Å². The summed E-state index contributed by atoms with van der Waals surface area (Å²) in [6.07, 6.45) is 9.45. The molecule has 1 aliphatic carbocycles. The van der Waals surface area contributed by atoms with Crippen LogP contribution in [0, 0.1) is 76.9 Å². The van der Waals surface area contributed by atoms with Gasteiger partial charge in [-0.3, -0.25) is 0 Å². The maximum absolute atomic E-state index is 4.80. The van der Waals surface area contributed by atoms with Gasteiger partial charge in [-0.25, -0.2) is 0 Å². The molecule has 0 aliphatic heterocycles.